The summed E-state index contributed by atoms with van der Waals surface area (Å²) < 4.78 is 11.6. The molecular weight excluding hydrogens is 188 g/mol. The third-order valence-corrected chi connectivity index (χ3v) is 8.72. The average molecular weight is 207 g/mol. The molecule has 0 heterocycles. The lowest BCUT2D eigenvalue weighted by molar-refractivity contribution is 0.415. The summed E-state index contributed by atoms with van der Waals surface area (Å²) in [6, 6.07) is 0. The van der Waals surface area contributed by atoms with Crippen LogP contribution in [0, 0.1) is 0 Å². The van der Waals surface area contributed by atoms with Gasteiger partial charge in [0.25, 0.3) is 0 Å². The molecule has 0 aliphatic heterocycles. The van der Waals surface area contributed by atoms with Crippen molar-refractivity contribution in [3.05, 3.63) is 0 Å². The van der Waals surface area contributed by atoms with Gasteiger partial charge in [0.05, 0.1) is 0 Å². The second-order valence-electron chi connectivity index (χ2n) is 3.58. The molecular formula is C6H19O2Si3. The summed E-state index contributed by atoms with van der Waals surface area (Å²) in [7, 11) is -3.20. The summed E-state index contributed by atoms with van der Waals surface area (Å²) in [5.74, 6) is 0. The number of rotatable bonds is 4. The molecule has 0 spiro atoms. The van der Waals surface area contributed by atoms with E-state index in [1.807, 2.05) is 0 Å². The molecule has 0 saturated carbocycles. The van der Waals surface area contributed by atoms with Gasteiger partial charge >= 0.3 is 8.56 Å². The van der Waals surface area contributed by atoms with Crippen molar-refractivity contribution in [1.82, 2.24) is 0 Å². The SMILES string of the molecule is C[Si](C)O[Si](C)(C)O[SiH](C)C. The predicted molar refractivity (Wildman–Crippen MR) is 56.0 cm³/mol. The summed E-state index contributed by atoms with van der Waals surface area (Å²) >= 11 is 0. The summed E-state index contributed by atoms with van der Waals surface area (Å²) in [5.41, 5.74) is 0. The van der Waals surface area contributed by atoms with Crippen molar-refractivity contribution < 1.29 is 8.23 Å². The summed E-state index contributed by atoms with van der Waals surface area (Å²) in [6.45, 7) is 13.0. The highest BCUT2D eigenvalue weighted by Gasteiger charge is 2.26. The maximum Gasteiger partial charge on any atom is 0.310 e. The summed E-state index contributed by atoms with van der Waals surface area (Å²) in [6.07, 6.45) is 0. The Balaban J connectivity index is 3.79. The molecule has 0 aromatic rings. The molecule has 0 rings (SSSR count). The van der Waals surface area contributed by atoms with Gasteiger partial charge in [-0.15, -0.1) is 0 Å². The Morgan fingerprint density at radius 2 is 1.64 bits per heavy atom. The molecule has 0 N–H and O–H groups in total. The molecule has 1 radical (unpaired) electrons. The number of hydrogen-bond donors (Lipinski definition) is 0. The van der Waals surface area contributed by atoms with Crippen LogP contribution >= 0.6 is 0 Å². The lowest BCUT2D eigenvalue weighted by Crippen LogP contribution is -2.42. The maximum absolute atomic E-state index is 5.83. The third-order valence-electron chi connectivity index (χ3n) is 0.969. The van der Waals surface area contributed by atoms with E-state index in [-0.39, 0.29) is 0 Å². The van der Waals surface area contributed by atoms with E-state index in [1.54, 1.807) is 0 Å². The fourth-order valence-electron chi connectivity index (χ4n) is 1.08. The molecule has 67 valence electrons. The largest absolute Gasteiger partial charge is 0.440 e. The topological polar surface area (TPSA) is 18.5 Å². The molecule has 0 aliphatic rings. The third kappa shape index (κ3) is 6.95. The van der Waals surface area contributed by atoms with Crippen molar-refractivity contribution in [3.8, 4) is 0 Å². The average Bonchev–Trinajstić information content (AvgIpc) is 1.53. The normalized spacial score (nSPS) is 13.1. The molecule has 0 bridgehead atoms. The van der Waals surface area contributed by atoms with Gasteiger partial charge in [0.15, 0.2) is 18.1 Å². The van der Waals surface area contributed by atoms with Gasteiger partial charge in [0, 0.05) is 0 Å². The molecule has 0 aromatic carbocycles. The minimum absolute atomic E-state index is 0.578. The van der Waals surface area contributed by atoms with Gasteiger partial charge in [-0.3, -0.25) is 0 Å². The van der Waals surface area contributed by atoms with E-state index in [1.165, 1.54) is 0 Å². The van der Waals surface area contributed by atoms with Gasteiger partial charge in [-0.25, -0.2) is 0 Å². The molecule has 0 amide bonds. The van der Waals surface area contributed by atoms with Crippen LogP contribution in [0.4, 0.5) is 0 Å². The molecule has 5 heteroatoms. The first-order chi connectivity index (χ1) is 4.83. The lowest BCUT2D eigenvalue weighted by atomic mass is 11.9. The minimum Gasteiger partial charge on any atom is -0.440 e. The van der Waals surface area contributed by atoms with Crippen LogP contribution in [-0.2, 0) is 8.23 Å². The fraction of sp³-hybridized carbons (Fsp3) is 1.00. The first-order valence-electron chi connectivity index (χ1n) is 4.00. The van der Waals surface area contributed by atoms with Crippen molar-refractivity contribution in [3.63, 3.8) is 0 Å². The fourth-order valence-corrected chi connectivity index (χ4v) is 10.2. The molecule has 2 nitrogen and oxygen atoms in total. The van der Waals surface area contributed by atoms with E-state index >= 15 is 0 Å². The first kappa shape index (κ1) is 11.6. The van der Waals surface area contributed by atoms with E-state index in [0.717, 1.165) is 0 Å². The molecule has 0 saturated heterocycles. The van der Waals surface area contributed by atoms with Gasteiger partial charge in [0.2, 0.25) is 0 Å². The zero-order valence-corrected chi connectivity index (χ0v) is 11.5. The van der Waals surface area contributed by atoms with Crippen LogP contribution in [0.15, 0.2) is 0 Å². The van der Waals surface area contributed by atoms with E-state index in [9.17, 15) is 0 Å². The minimum atomic E-state index is -1.72. The Bertz CT molecular complexity index is 102. The first-order valence-corrected chi connectivity index (χ1v) is 12.0. The van der Waals surface area contributed by atoms with E-state index < -0.39 is 26.6 Å². The molecule has 0 aliphatic carbocycles. The Kier molecular flexibility index (Phi) is 4.80. The summed E-state index contributed by atoms with van der Waals surface area (Å²) in [5, 5.41) is 0. The van der Waals surface area contributed by atoms with Crippen LogP contribution in [0.25, 0.3) is 0 Å². The second-order valence-corrected chi connectivity index (χ2v) is 12.0. The lowest BCUT2D eigenvalue weighted by Gasteiger charge is -2.27. The highest BCUT2D eigenvalue weighted by molar-refractivity contribution is 6.78. The van der Waals surface area contributed by atoms with Gasteiger partial charge in [-0.05, 0) is 39.3 Å². The molecule has 0 atom stereocenters. The predicted octanol–water partition coefficient (Wildman–Crippen LogP) is 1.96. The van der Waals surface area contributed by atoms with Crippen LogP contribution < -0.4 is 0 Å². The van der Waals surface area contributed by atoms with Crippen LogP contribution in [0.3, 0.4) is 0 Å². The Labute approximate surface area is 74.6 Å². The second kappa shape index (κ2) is 4.56. The quantitative estimate of drug-likeness (QED) is 0.656. The van der Waals surface area contributed by atoms with Crippen molar-refractivity contribution in [2.24, 2.45) is 0 Å². The van der Waals surface area contributed by atoms with Crippen molar-refractivity contribution in [2.75, 3.05) is 0 Å². The van der Waals surface area contributed by atoms with Crippen molar-refractivity contribution in [2.45, 2.75) is 39.3 Å². The van der Waals surface area contributed by atoms with Crippen LogP contribution in [0.2, 0.25) is 39.3 Å². The van der Waals surface area contributed by atoms with Gasteiger partial charge < -0.3 is 8.23 Å². The van der Waals surface area contributed by atoms with Crippen LogP contribution in [-0.4, -0.2) is 26.6 Å². The highest BCUT2D eigenvalue weighted by atomic mass is 28.5. The zero-order chi connectivity index (χ0) is 9.07. The van der Waals surface area contributed by atoms with Crippen molar-refractivity contribution >= 4 is 26.6 Å². The number of hydrogen-bond acceptors (Lipinski definition) is 2. The van der Waals surface area contributed by atoms with Crippen LogP contribution in [0.1, 0.15) is 0 Å². The van der Waals surface area contributed by atoms with Crippen LogP contribution in [0.5, 0.6) is 0 Å². The van der Waals surface area contributed by atoms with Crippen molar-refractivity contribution in [1.29, 1.82) is 0 Å². The molecule has 0 aromatic heterocycles. The summed E-state index contributed by atoms with van der Waals surface area (Å²) in [4.78, 5) is 0. The van der Waals surface area contributed by atoms with Gasteiger partial charge in [-0.1, -0.05) is 0 Å². The highest BCUT2D eigenvalue weighted by Crippen LogP contribution is 2.09. The Morgan fingerprint density at radius 1 is 1.18 bits per heavy atom. The maximum atomic E-state index is 5.83. The molecule has 0 fully saturated rings. The standard InChI is InChI=1S/C6H19O2Si3/c1-9(2)7-11(5,6)8-10(3)4/h9H,1-6H3. The smallest absolute Gasteiger partial charge is 0.310 e. The molecule has 0 unspecified atom stereocenters. The van der Waals surface area contributed by atoms with E-state index in [4.69, 9.17) is 8.23 Å². The molecule has 11 heavy (non-hydrogen) atoms. The Morgan fingerprint density at radius 3 is 1.91 bits per heavy atom. The zero-order valence-electron chi connectivity index (χ0n) is 8.39. The van der Waals surface area contributed by atoms with E-state index in [0.29, 0.717) is 0 Å². The van der Waals surface area contributed by atoms with Gasteiger partial charge in [0.1, 0.15) is 0 Å². The Hall–Kier alpha value is 0.571. The van der Waals surface area contributed by atoms with E-state index in [2.05, 4.69) is 39.3 Å². The van der Waals surface area contributed by atoms with Gasteiger partial charge in [-0.2, -0.15) is 0 Å². The monoisotopic (exact) mass is 207 g/mol.